The first kappa shape index (κ1) is 9.65. The van der Waals surface area contributed by atoms with Crippen molar-refractivity contribution < 1.29 is 9.53 Å². The fraction of sp³-hybridized carbons (Fsp3) is 0.167. The van der Waals surface area contributed by atoms with Crippen molar-refractivity contribution in [1.82, 2.24) is 4.98 Å². The van der Waals surface area contributed by atoms with Gasteiger partial charge in [-0.15, -0.1) is 0 Å². The molecule has 0 aliphatic rings. The van der Waals surface area contributed by atoms with Gasteiger partial charge in [0.1, 0.15) is 5.75 Å². The summed E-state index contributed by atoms with van der Waals surface area (Å²) in [5.74, 6) is 0.684. The monoisotopic (exact) mass is 200 g/mol. The molecule has 15 heavy (non-hydrogen) atoms. The third-order valence-electron chi connectivity index (χ3n) is 2.04. The van der Waals surface area contributed by atoms with Crippen LogP contribution < -0.4 is 4.74 Å². The molecule has 3 nitrogen and oxygen atoms in total. The SMILES string of the molecule is O=[C]CCOc1cnc2ccccc2c1. The van der Waals surface area contributed by atoms with E-state index in [2.05, 4.69) is 4.98 Å². The Hall–Kier alpha value is -1.90. The summed E-state index contributed by atoms with van der Waals surface area (Å²) in [4.78, 5) is 14.2. The van der Waals surface area contributed by atoms with Gasteiger partial charge in [0, 0.05) is 11.8 Å². The molecule has 0 saturated carbocycles. The van der Waals surface area contributed by atoms with Crippen molar-refractivity contribution >= 4 is 17.2 Å². The smallest absolute Gasteiger partial charge is 0.201 e. The van der Waals surface area contributed by atoms with E-state index < -0.39 is 0 Å². The molecule has 0 saturated heterocycles. The maximum absolute atomic E-state index is 9.99. The van der Waals surface area contributed by atoms with Gasteiger partial charge < -0.3 is 4.74 Å². The molecule has 0 bridgehead atoms. The Balaban J connectivity index is 2.19. The van der Waals surface area contributed by atoms with Crippen molar-refractivity contribution in [2.75, 3.05) is 6.61 Å². The van der Waals surface area contributed by atoms with E-state index in [-0.39, 0.29) is 6.42 Å². The number of pyridine rings is 1. The zero-order valence-corrected chi connectivity index (χ0v) is 8.14. The first-order valence-electron chi connectivity index (χ1n) is 4.73. The second-order valence-corrected chi connectivity index (χ2v) is 3.11. The van der Waals surface area contributed by atoms with E-state index >= 15 is 0 Å². The summed E-state index contributed by atoms with van der Waals surface area (Å²) in [5.41, 5.74) is 0.937. The summed E-state index contributed by atoms with van der Waals surface area (Å²) in [6.07, 6.45) is 3.72. The van der Waals surface area contributed by atoms with Gasteiger partial charge in [0.05, 0.1) is 18.3 Å². The number of nitrogens with zero attached hydrogens (tertiary/aromatic N) is 1. The van der Waals surface area contributed by atoms with Crippen LogP contribution in [0.2, 0.25) is 0 Å². The largest absolute Gasteiger partial charge is 0.491 e. The molecule has 1 aromatic carbocycles. The van der Waals surface area contributed by atoms with E-state index in [1.807, 2.05) is 30.3 Å². The van der Waals surface area contributed by atoms with E-state index in [0.29, 0.717) is 12.4 Å². The summed E-state index contributed by atoms with van der Waals surface area (Å²) in [7, 11) is 0. The Bertz CT molecular complexity index is 468. The van der Waals surface area contributed by atoms with Gasteiger partial charge in [-0.25, -0.2) is 0 Å². The zero-order valence-electron chi connectivity index (χ0n) is 8.14. The van der Waals surface area contributed by atoms with Gasteiger partial charge in [0.25, 0.3) is 0 Å². The number of hydrogen-bond acceptors (Lipinski definition) is 3. The fourth-order valence-corrected chi connectivity index (χ4v) is 1.34. The number of carbonyl (C=O) groups excluding carboxylic acids is 1. The molecular formula is C12H10NO2. The highest BCUT2D eigenvalue weighted by molar-refractivity contribution is 5.79. The van der Waals surface area contributed by atoms with Crippen LogP contribution in [-0.2, 0) is 4.79 Å². The van der Waals surface area contributed by atoms with Crippen molar-refractivity contribution in [1.29, 1.82) is 0 Å². The van der Waals surface area contributed by atoms with Crippen molar-refractivity contribution in [2.24, 2.45) is 0 Å². The van der Waals surface area contributed by atoms with Gasteiger partial charge in [0.2, 0.25) is 6.29 Å². The Morgan fingerprint density at radius 1 is 1.33 bits per heavy atom. The molecule has 0 unspecified atom stereocenters. The molecule has 0 aliphatic heterocycles. The normalized spacial score (nSPS) is 10.1. The van der Waals surface area contributed by atoms with Crippen molar-refractivity contribution in [2.45, 2.75) is 6.42 Å². The molecular weight excluding hydrogens is 190 g/mol. The molecule has 0 amide bonds. The molecule has 1 heterocycles. The van der Waals surface area contributed by atoms with Crippen LogP contribution in [0.4, 0.5) is 0 Å². The maximum Gasteiger partial charge on any atom is 0.201 e. The number of rotatable bonds is 4. The average Bonchev–Trinajstić information content (AvgIpc) is 2.29. The van der Waals surface area contributed by atoms with Crippen LogP contribution in [0.25, 0.3) is 10.9 Å². The van der Waals surface area contributed by atoms with Crippen molar-refractivity contribution in [3.63, 3.8) is 0 Å². The van der Waals surface area contributed by atoms with Gasteiger partial charge in [-0.1, -0.05) is 18.2 Å². The van der Waals surface area contributed by atoms with E-state index in [1.54, 1.807) is 12.5 Å². The molecule has 0 spiro atoms. The Kier molecular flexibility index (Phi) is 2.93. The number of fused-ring (bicyclic) bond motifs is 1. The van der Waals surface area contributed by atoms with Crippen molar-refractivity contribution in [3.8, 4) is 5.75 Å². The molecule has 0 aliphatic carbocycles. The lowest BCUT2D eigenvalue weighted by molar-refractivity contribution is 0.326. The van der Waals surface area contributed by atoms with Crippen LogP contribution in [-0.4, -0.2) is 17.9 Å². The quantitative estimate of drug-likeness (QED) is 0.709. The number of para-hydroxylation sites is 1. The van der Waals surface area contributed by atoms with Gasteiger partial charge in [-0.05, 0) is 12.1 Å². The predicted octanol–water partition coefficient (Wildman–Crippen LogP) is 2.11. The summed E-state index contributed by atoms with van der Waals surface area (Å²) in [6.45, 7) is 0.351. The van der Waals surface area contributed by atoms with Gasteiger partial charge >= 0.3 is 0 Å². The van der Waals surface area contributed by atoms with Gasteiger partial charge in [0.15, 0.2) is 0 Å². The van der Waals surface area contributed by atoms with E-state index in [1.165, 1.54) is 0 Å². The molecule has 0 atom stereocenters. The van der Waals surface area contributed by atoms with Crippen LogP contribution >= 0.6 is 0 Å². The standard InChI is InChI=1S/C12H10NO2/c14-6-3-7-15-11-8-10-4-1-2-5-12(10)13-9-11/h1-2,4-5,8-9H,3,7H2. The number of aromatic nitrogens is 1. The molecule has 2 aromatic rings. The number of hydrogen-bond donors (Lipinski definition) is 0. The summed E-state index contributed by atoms with van der Waals surface area (Å²) in [5, 5.41) is 1.03. The Morgan fingerprint density at radius 3 is 3.07 bits per heavy atom. The average molecular weight is 200 g/mol. The van der Waals surface area contributed by atoms with E-state index in [0.717, 1.165) is 10.9 Å². The minimum Gasteiger partial charge on any atom is -0.491 e. The lowest BCUT2D eigenvalue weighted by Crippen LogP contribution is -1.97. The molecule has 3 heteroatoms. The van der Waals surface area contributed by atoms with Crippen LogP contribution in [0.3, 0.4) is 0 Å². The molecule has 1 radical (unpaired) electrons. The first-order chi connectivity index (χ1) is 7.40. The minimum atomic E-state index is 0.285. The number of benzene rings is 1. The molecule has 0 N–H and O–H groups in total. The lowest BCUT2D eigenvalue weighted by atomic mass is 10.2. The van der Waals surface area contributed by atoms with Crippen LogP contribution in [0.15, 0.2) is 36.5 Å². The Morgan fingerprint density at radius 2 is 2.20 bits per heavy atom. The van der Waals surface area contributed by atoms with Gasteiger partial charge in [-0.3, -0.25) is 9.78 Å². The highest BCUT2D eigenvalue weighted by atomic mass is 16.5. The zero-order chi connectivity index (χ0) is 10.5. The molecule has 75 valence electrons. The van der Waals surface area contributed by atoms with E-state index in [4.69, 9.17) is 4.74 Å². The first-order valence-corrected chi connectivity index (χ1v) is 4.73. The van der Waals surface area contributed by atoms with Crippen LogP contribution in [0, 0.1) is 0 Å². The summed E-state index contributed by atoms with van der Waals surface area (Å²) in [6, 6.07) is 9.72. The van der Waals surface area contributed by atoms with Crippen LogP contribution in [0.1, 0.15) is 6.42 Å². The molecule has 2 rings (SSSR count). The topological polar surface area (TPSA) is 39.2 Å². The summed E-state index contributed by atoms with van der Waals surface area (Å²) < 4.78 is 5.33. The fourth-order valence-electron chi connectivity index (χ4n) is 1.34. The highest BCUT2D eigenvalue weighted by Crippen LogP contribution is 2.17. The lowest BCUT2D eigenvalue weighted by Gasteiger charge is -2.04. The van der Waals surface area contributed by atoms with Crippen molar-refractivity contribution in [3.05, 3.63) is 36.5 Å². The highest BCUT2D eigenvalue weighted by Gasteiger charge is 1.97. The third kappa shape index (κ3) is 2.31. The van der Waals surface area contributed by atoms with E-state index in [9.17, 15) is 4.79 Å². The molecule has 0 fully saturated rings. The molecule has 1 aromatic heterocycles. The maximum atomic E-state index is 9.99. The van der Waals surface area contributed by atoms with Crippen LogP contribution in [0.5, 0.6) is 5.75 Å². The second-order valence-electron chi connectivity index (χ2n) is 3.11. The summed E-state index contributed by atoms with van der Waals surface area (Å²) >= 11 is 0. The minimum absolute atomic E-state index is 0.285. The predicted molar refractivity (Wildman–Crippen MR) is 57.5 cm³/mol. The Labute approximate surface area is 87.7 Å². The number of ether oxygens (including phenoxy) is 1. The second kappa shape index (κ2) is 4.55. The third-order valence-corrected chi connectivity index (χ3v) is 2.04. The van der Waals surface area contributed by atoms with Gasteiger partial charge in [-0.2, -0.15) is 0 Å².